The number of amides is 1. The Labute approximate surface area is 109 Å². The summed E-state index contributed by atoms with van der Waals surface area (Å²) in [7, 11) is 0. The van der Waals surface area contributed by atoms with Crippen LogP contribution >= 0.6 is 0 Å². The molecule has 1 unspecified atom stereocenters. The Morgan fingerprint density at radius 1 is 1.32 bits per heavy atom. The topological polar surface area (TPSA) is 83.6 Å². The third kappa shape index (κ3) is 8.41. The smallest absolute Gasteiger partial charge is 0.406 e. The molecule has 5 nitrogen and oxygen atoms in total. The van der Waals surface area contributed by atoms with Crippen molar-refractivity contribution in [2.75, 3.05) is 13.1 Å². The summed E-state index contributed by atoms with van der Waals surface area (Å²) >= 11 is 0. The molecule has 0 aliphatic carbocycles. The van der Waals surface area contributed by atoms with Crippen molar-refractivity contribution >= 4 is 11.9 Å². The summed E-state index contributed by atoms with van der Waals surface area (Å²) in [4.78, 5) is 22.8. The molecule has 0 fully saturated rings. The van der Waals surface area contributed by atoms with Gasteiger partial charge in [-0.1, -0.05) is 13.8 Å². The lowest BCUT2D eigenvalue weighted by molar-refractivity contribution is -0.163. The molecular weight excluding hydrogens is 265 g/mol. The SMILES string of the molecule is CC(C)CN(CC(F)(F)F)C(=O)C(N)CCC(=O)O. The minimum Gasteiger partial charge on any atom is -0.481 e. The van der Waals surface area contributed by atoms with Crippen molar-refractivity contribution in [2.45, 2.75) is 38.9 Å². The molecule has 0 rings (SSSR count). The predicted molar refractivity (Wildman–Crippen MR) is 62.3 cm³/mol. The minimum absolute atomic E-state index is 0.0703. The van der Waals surface area contributed by atoms with Gasteiger partial charge >= 0.3 is 12.1 Å². The zero-order chi connectivity index (χ0) is 15.2. The van der Waals surface area contributed by atoms with E-state index in [0.29, 0.717) is 4.90 Å². The molecule has 0 saturated carbocycles. The summed E-state index contributed by atoms with van der Waals surface area (Å²) in [6.45, 7) is 1.92. The van der Waals surface area contributed by atoms with E-state index in [1.165, 1.54) is 0 Å². The first kappa shape index (κ1) is 17.7. The van der Waals surface area contributed by atoms with Crippen LogP contribution in [0.25, 0.3) is 0 Å². The fourth-order valence-corrected chi connectivity index (χ4v) is 1.53. The van der Waals surface area contributed by atoms with E-state index in [0.717, 1.165) is 0 Å². The van der Waals surface area contributed by atoms with E-state index >= 15 is 0 Å². The second-order valence-corrected chi connectivity index (χ2v) is 4.77. The van der Waals surface area contributed by atoms with Crippen LogP contribution in [0.5, 0.6) is 0 Å². The Morgan fingerprint density at radius 2 is 1.84 bits per heavy atom. The van der Waals surface area contributed by atoms with Gasteiger partial charge in [0.25, 0.3) is 0 Å². The number of nitrogens with zero attached hydrogens (tertiary/aromatic N) is 1. The maximum absolute atomic E-state index is 12.4. The third-order valence-corrected chi connectivity index (χ3v) is 2.25. The monoisotopic (exact) mass is 284 g/mol. The maximum atomic E-state index is 12.4. The van der Waals surface area contributed by atoms with Gasteiger partial charge in [0.15, 0.2) is 0 Å². The fraction of sp³-hybridized carbons (Fsp3) is 0.818. The van der Waals surface area contributed by atoms with E-state index in [2.05, 4.69) is 0 Å². The van der Waals surface area contributed by atoms with E-state index in [-0.39, 0.29) is 25.3 Å². The maximum Gasteiger partial charge on any atom is 0.406 e. The highest BCUT2D eigenvalue weighted by molar-refractivity contribution is 5.82. The number of aliphatic carboxylic acids is 1. The van der Waals surface area contributed by atoms with Crippen molar-refractivity contribution in [3.63, 3.8) is 0 Å². The molecule has 8 heteroatoms. The average molecular weight is 284 g/mol. The number of carboxylic acid groups (broad SMARTS) is 1. The van der Waals surface area contributed by atoms with Gasteiger partial charge in [0.1, 0.15) is 6.54 Å². The Balaban J connectivity index is 4.65. The van der Waals surface area contributed by atoms with E-state index in [4.69, 9.17) is 10.8 Å². The van der Waals surface area contributed by atoms with E-state index in [1.54, 1.807) is 13.8 Å². The van der Waals surface area contributed by atoms with Crippen molar-refractivity contribution in [1.82, 2.24) is 4.90 Å². The zero-order valence-electron chi connectivity index (χ0n) is 10.9. The molecule has 0 aromatic rings. The van der Waals surface area contributed by atoms with Crippen LogP contribution < -0.4 is 5.73 Å². The summed E-state index contributed by atoms with van der Waals surface area (Å²) in [5.74, 6) is -2.15. The van der Waals surface area contributed by atoms with Gasteiger partial charge in [0.05, 0.1) is 6.04 Å². The van der Waals surface area contributed by atoms with Crippen LogP contribution in [-0.2, 0) is 9.59 Å². The first-order chi connectivity index (χ1) is 8.53. The molecular formula is C11H19F3N2O3. The summed E-state index contributed by atoms with van der Waals surface area (Å²) < 4.78 is 37.1. The second kappa shape index (κ2) is 7.32. The van der Waals surface area contributed by atoms with Crippen LogP contribution in [-0.4, -0.2) is 47.2 Å². The molecule has 0 aliphatic rings. The first-order valence-corrected chi connectivity index (χ1v) is 5.86. The molecule has 0 aliphatic heterocycles. The number of rotatable bonds is 7. The molecule has 0 spiro atoms. The van der Waals surface area contributed by atoms with E-state index in [1.807, 2.05) is 0 Å². The summed E-state index contributed by atoms with van der Waals surface area (Å²) in [5, 5.41) is 8.45. The second-order valence-electron chi connectivity index (χ2n) is 4.77. The number of carboxylic acids is 1. The van der Waals surface area contributed by atoms with Crippen molar-refractivity contribution in [1.29, 1.82) is 0 Å². The Hall–Kier alpha value is -1.31. The highest BCUT2D eigenvalue weighted by atomic mass is 19.4. The van der Waals surface area contributed by atoms with Gasteiger partial charge in [-0.05, 0) is 12.3 Å². The van der Waals surface area contributed by atoms with Gasteiger partial charge in [-0.15, -0.1) is 0 Å². The van der Waals surface area contributed by atoms with Gasteiger partial charge in [-0.3, -0.25) is 9.59 Å². The van der Waals surface area contributed by atoms with Gasteiger partial charge in [0, 0.05) is 13.0 Å². The highest BCUT2D eigenvalue weighted by Crippen LogP contribution is 2.18. The third-order valence-electron chi connectivity index (χ3n) is 2.25. The lowest BCUT2D eigenvalue weighted by Gasteiger charge is -2.28. The number of nitrogens with two attached hydrogens (primary N) is 1. The van der Waals surface area contributed by atoms with Crippen LogP contribution in [0.4, 0.5) is 13.2 Å². The average Bonchev–Trinajstić information content (AvgIpc) is 2.21. The number of alkyl halides is 3. The fourth-order valence-electron chi connectivity index (χ4n) is 1.53. The van der Waals surface area contributed by atoms with Crippen LogP contribution in [0.15, 0.2) is 0 Å². The lowest BCUT2D eigenvalue weighted by atomic mass is 10.1. The van der Waals surface area contributed by atoms with E-state index < -0.39 is 30.6 Å². The van der Waals surface area contributed by atoms with Crippen molar-refractivity contribution in [3.05, 3.63) is 0 Å². The molecule has 0 bridgehead atoms. The Morgan fingerprint density at radius 3 is 2.21 bits per heavy atom. The standard InChI is InChI=1S/C11H19F3N2O3/c1-7(2)5-16(6-11(12,13)14)10(19)8(15)3-4-9(17)18/h7-8H,3-6,15H2,1-2H3,(H,17,18). The van der Waals surface area contributed by atoms with Gasteiger partial charge in [-0.2, -0.15) is 13.2 Å². The van der Waals surface area contributed by atoms with Crippen LogP contribution in [0.3, 0.4) is 0 Å². The Kier molecular flexibility index (Phi) is 6.82. The molecule has 1 atom stereocenters. The lowest BCUT2D eigenvalue weighted by Crippen LogP contribution is -2.48. The summed E-state index contributed by atoms with van der Waals surface area (Å²) in [6, 6.07) is -1.22. The number of hydrogen-bond acceptors (Lipinski definition) is 3. The molecule has 19 heavy (non-hydrogen) atoms. The quantitative estimate of drug-likeness (QED) is 0.736. The van der Waals surface area contributed by atoms with Gasteiger partial charge < -0.3 is 15.7 Å². The van der Waals surface area contributed by atoms with E-state index in [9.17, 15) is 22.8 Å². The van der Waals surface area contributed by atoms with Crippen LogP contribution in [0.2, 0.25) is 0 Å². The highest BCUT2D eigenvalue weighted by Gasteiger charge is 2.34. The van der Waals surface area contributed by atoms with Crippen molar-refractivity contribution < 1.29 is 27.9 Å². The summed E-state index contributed by atoms with van der Waals surface area (Å²) in [5.41, 5.74) is 5.44. The molecule has 0 aromatic heterocycles. The number of carbonyl (C=O) groups excluding carboxylic acids is 1. The number of halogens is 3. The molecule has 0 heterocycles. The first-order valence-electron chi connectivity index (χ1n) is 5.86. The molecule has 1 amide bonds. The zero-order valence-corrected chi connectivity index (χ0v) is 10.9. The normalized spacial score (nSPS) is 13.4. The molecule has 3 N–H and O–H groups in total. The minimum atomic E-state index is -4.50. The van der Waals surface area contributed by atoms with Gasteiger partial charge in [-0.25, -0.2) is 0 Å². The Bertz CT molecular complexity index is 319. The van der Waals surface area contributed by atoms with Crippen LogP contribution in [0, 0.1) is 5.92 Å². The molecule has 0 aromatic carbocycles. The molecule has 0 radical (unpaired) electrons. The number of hydrogen-bond donors (Lipinski definition) is 2. The molecule has 0 saturated heterocycles. The van der Waals surface area contributed by atoms with Crippen molar-refractivity contribution in [2.24, 2.45) is 11.7 Å². The van der Waals surface area contributed by atoms with Crippen molar-refractivity contribution in [3.8, 4) is 0 Å². The number of carbonyl (C=O) groups is 2. The summed E-state index contributed by atoms with van der Waals surface area (Å²) in [6.07, 6.45) is -5.04. The predicted octanol–water partition coefficient (Wildman–Crippen LogP) is 1.23. The van der Waals surface area contributed by atoms with Crippen LogP contribution in [0.1, 0.15) is 26.7 Å². The largest absolute Gasteiger partial charge is 0.481 e. The molecule has 112 valence electrons. The van der Waals surface area contributed by atoms with Gasteiger partial charge in [0.2, 0.25) is 5.91 Å².